The molecule has 2 aromatic rings. The van der Waals surface area contributed by atoms with Crippen LogP contribution in [-0.2, 0) is 0 Å². The van der Waals surface area contributed by atoms with Crippen molar-refractivity contribution in [1.29, 1.82) is 0 Å². The fourth-order valence-electron chi connectivity index (χ4n) is 1.31. The van der Waals surface area contributed by atoms with Crippen molar-refractivity contribution in [2.24, 2.45) is 0 Å². The Morgan fingerprint density at radius 1 is 1.22 bits per heavy atom. The van der Waals surface area contributed by atoms with Crippen molar-refractivity contribution in [3.8, 4) is 0 Å². The number of hydrogen-bond donors (Lipinski definition) is 1. The van der Waals surface area contributed by atoms with Crippen molar-refractivity contribution in [3.05, 3.63) is 52.3 Å². The van der Waals surface area contributed by atoms with Gasteiger partial charge in [0.1, 0.15) is 0 Å². The molecule has 0 amide bonds. The quantitative estimate of drug-likeness (QED) is 0.921. The van der Waals surface area contributed by atoms with Gasteiger partial charge in [-0.25, -0.2) is 4.79 Å². The van der Waals surface area contributed by atoms with E-state index in [-0.39, 0.29) is 5.56 Å². The van der Waals surface area contributed by atoms with Crippen molar-refractivity contribution in [3.63, 3.8) is 0 Å². The van der Waals surface area contributed by atoms with Crippen molar-refractivity contribution >= 4 is 40.9 Å². The van der Waals surface area contributed by atoms with Crippen LogP contribution >= 0.6 is 35.0 Å². The van der Waals surface area contributed by atoms with E-state index >= 15 is 0 Å². The molecule has 2 rings (SSSR count). The van der Waals surface area contributed by atoms with E-state index in [4.69, 9.17) is 28.3 Å². The molecule has 0 unspecified atom stereocenters. The Balaban J connectivity index is 2.40. The minimum atomic E-state index is -1.02. The number of benzene rings is 1. The van der Waals surface area contributed by atoms with Crippen LogP contribution in [0.4, 0.5) is 0 Å². The zero-order chi connectivity index (χ0) is 13.1. The van der Waals surface area contributed by atoms with E-state index in [1.165, 1.54) is 24.2 Å². The van der Waals surface area contributed by atoms with Crippen molar-refractivity contribution < 1.29 is 9.90 Å². The van der Waals surface area contributed by atoms with Gasteiger partial charge in [0, 0.05) is 27.2 Å². The number of aromatic carboxylic acids is 1. The zero-order valence-electron chi connectivity index (χ0n) is 8.93. The number of carbonyl (C=O) groups is 1. The molecule has 0 aliphatic heterocycles. The van der Waals surface area contributed by atoms with Gasteiger partial charge in [-0.3, -0.25) is 4.98 Å². The largest absolute Gasteiger partial charge is 0.478 e. The molecule has 0 fully saturated rings. The van der Waals surface area contributed by atoms with Crippen LogP contribution in [0.15, 0.2) is 46.5 Å². The van der Waals surface area contributed by atoms with Gasteiger partial charge in [0.25, 0.3) is 0 Å². The van der Waals surface area contributed by atoms with Crippen LogP contribution in [0.5, 0.6) is 0 Å². The summed E-state index contributed by atoms with van der Waals surface area (Å²) in [6.07, 6.45) is 2.84. The SMILES string of the molecule is O=C(O)c1cnccc1Sc1cc(Cl)ccc1Cl. The third-order valence-corrected chi connectivity index (χ3v) is 3.93. The summed E-state index contributed by atoms with van der Waals surface area (Å²) in [6, 6.07) is 6.68. The summed E-state index contributed by atoms with van der Waals surface area (Å²) >= 11 is 13.2. The first-order valence-electron chi connectivity index (χ1n) is 4.88. The second kappa shape index (κ2) is 5.61. The Kier molecular flexibility index (Phi) is 4.11. The highest BCUT2D eigenvalue weighted by Gasteiger charge is 2.12. The van der Waals surface area contributed by atoms with Gasteiger partial charge < -0.3 is 5.11 Å². The molecule has 0 saturated heterocycles. The van der Waals surface area contributed by atoms with Crippen LogP contribution < -0.4 is 0 Å². The highest BCUT2D eigenvalue weighted by Crippen LogP contribution is 2.36. The number of carboxylic acid groups (broad SMARTS) is 1. The standard InChI is InChI=1S/C12H7Cl2NO2S/c13-7-1-2-9(14)11(5-7)18-10-3-4-15-6-8(10)12(16)17/h1-6H,(H,16,17). The molecule has 92 valence electrons. The molecule has 6 heteroatoms. The van der Waals surface area contributed by atoms with Gasteiger partial charge in [0.15, 0.2) is 0 Å². The molecule has 0 bridgehead atoms. The fraction of sp³-hybridized carbons (Fsp3) is 0. The van der Waals surface area contributed by atoms with Crippen molar-refractivity contribution in [2.75, 3.05) is 0 Å². The minimum Gasteiger partial charge on any atom is -0.478 e. The Bertz CT molecular complexity index is 604. The van der Waals surface area contributed by atoms with E-state index in [2.05, 4.69) is 4.98 Å². The summed E-state index contributed by atoms with van der Waals surface area (Å²) in [5, 5.41) is 10.1. The Hall–Kier alpha value is -1.23. The van der Waals surface area contributed by atoms with Crippen LogP contribution in [0.3, 0.4) is 0 Å². The van der Waals surface area contributed by atoms with E-state index in [1.807, 2.05) is 0 Å². The zero-order valence-corrected chi connectivity index (χ0v) is 11.3. The van der Waals surface area contributed by atoms with Gasteiger partial charge in [-0.15, -0.1) is 0 Å². The van der Waals surface area contributed by atoms with Crippen LogP contribution in [-0.4, -0.2) is 16.1 Å². The molecule has 0 spiro atoms. The molecule has 0 aliphatic rings. The molecular weight excluding hydrogens is 293 g/mol. The van der Waals surface area contributed by atoms with Gasteiger partial charge in [0.05, 0.1) is 10.6 Å². The minimum absolute atomic E-state index is 0.138. The number of nitrogens with zero attached hydrogens (tertiary/aromatic N) is 1. The van der Waals surface area contributed by atoms with Gasteiger partial charge in [-0.2, -0.15) is 0 Å². The van der Waals surface area contributed by atoms with Gasteiger partial charge in [-0.1, -0.05) is 35.0 Å². The summed E-state index contributed by atoms with van der Waals surface area (Å²) in [6.45, 7) is 0. The molecule has 0 atom stereocenters. The molecule has 0 saturated carbocycles. The predicted molar refractivity (Wildman–Crippen MR) is 71.8 cm³/mol. The number of pyridine rings is 1. The normalized spacial score (nSPS) is 10.3. The summed E-state index contributed by atoms with van der Waals surface area (Å²) in [5.41, 5.74) is 0.138. The molecule has 18 heavy (non-hydrogen) atoms. The number of hydrogen-bond acceptors (Lipinski definition) is 3. The fourth-order valence-corrected chi connectivity index (χ4v) is 2.74. The molecular formula is C12H7Cl2NO2S. The maximum atomic E-state index is 11.1. The molecule has 0 radical (unpaired) electrons. The topological polar surface area (TPSA) is 50.2 Å². The van der Waals surface area contributed by atoms with Gasteiger partial charge in [-0.05, 0) is 24.3 Å². The van der Waals surface area contributed by atoms with Crippen LogP contribution in [0.25, 0.3) is 0 Å². The first-order chi connectivity index (χ1) is 8.58. The number of halogens is 2. The molecule has 1 aromatic carbocycles. The smallest absolute Gasteiger partial charge is 0.338 e. The molecule has 3 nitrogen and oxygen atoms in total. The Morgan fingerprint density at radius 2 is 2.00 bits per heavy atom. The molecule has 1 heterocycles. The van der Waals surface area contributed by atoms with E-state index in [0.717, 1.165) is 0 Å². The predicted octanol–water partition coefficient (Wildman–Crippen LogP) is 4.24. The van der Waals surface area contributed by atoms with Crippen molar-refractivity contribution in [1.82, 2.24) is 4.98 Å². The Morgan fingerprint density at radius 3 is 2.72 bits per heavy atom. The third kappa shape index (κ3) is 2.96. The second-order valence-corrected chi connectivity index (χ2v) is 5.28. The molecule has 1 aromatic heterocycles. The van der Waals surface area contributed by atoms with E-state index in [0.29, 0.717) is 19.8 Å². The summed E-state index contributed by atoms with van der Waals surface area (Å²) in [5.74, 6) is -1.02. The highest BCUT2D eigenvalue weighted by atomic mass is 35.5. The van der Waals surface area contributed by atoms with Crippen LogP contribution in [0.2, 0.25) is 10.0 Å². The first kappa shape index (κ1) is 13.2. The first-order valence-corrected chi connectivity index (χ1v) is 6.45. The van der Waals surface area contributed by atoms with E-state index < -0.39 is 5.97 Å². The van der Waals surface area contributed by atoms with Gasteiger partial charge in [0.2, 0.25) is 0 Å². The maximum absolute atomic E-state index is 11.1. The summed E-state index contributed by atoms with van der Waals surface area (Å²) in [7, 11) is 0. The Labute approximate surface area is 118 Å². The lowest BCUT2D eigenvalue weighted by Gasteiger charge is -2.07. The van der Waals surface area contributed by atoms with Crippen LogP contribution in [0.1, 0.15) is 10.4 Å². The average Bonchev–Trinajstić information content (AvgIpc) is 2.34. The maximum Gasteiger partial charge on any atom is 0.338 e. The van der Waals surface area contributed by atoms with Crippen LogP contribution in [0, 0.1) is 0 Å². The lowest BCUT2D eigenvalue weighted by Crippen LogP contribution is -1.99. The summed E-state index contributed by atoms with van der Waals surface area (Å²) in [4.78, 5) is 16.1. The second-order valence-electron chi connectivity index (χ2n) is 3.35. The van der Waals surface area contributed by atoms with E-state index in [9.17, 15) is 4.79 Å². The number of aromatic nitrogens is 1. The lowest BCUT2D eigenvalue weighted by molar-refractivity contribution is 0.0692. The number of carboxylic acids is 1. The van der Waals surface area contributed by atoms with Crippen molar-refractivity contribution in [2.45, 2.75) is 9.79 Å². The lowest BCUT2D eigenvalue weighted by atomic mass is 10.3. The third-order valence-electron chi connectivity index (χ3n) is 2.12. The van der Waals surface area contributed by atoms with Gasteiger partial charge >= 0.3 is 5.97 Å². The molecule has 0 aliphatic carbocycles. The number of rotatable bonds is 3. The van der Waals surface area contributed by atoms with E-state index in [1.54, 1.807) is 24.3 Å². The molecule has 1 N–H and O–H groups in total. The summed E-state index contributed by atoms with van der Waals surface area (Å²) < 4.78 is 0. The monoisotopic (exact) mass is 299 g/mol. The highest BCUT2D eigenvalue weighted by molar-refractivity contribution is 7.99. The average molecular weight is 300 g/mol.